The van der Waals surface area contributed by atoms with Crippen LogP contribution in [0.25, 0.3) is 11.4 Å². The average molecular weight is 419 g/mol. The number of alkyl halides is 3. The highest BCUT2D eigenvalue weighted by molar-refractivity contribution is 6.32. The van der Waals surface area contributed by atoms with E-state index >= 15 is 0 Å². The lowest BCUT2D eigenvalue weighted by Gasteiger charge is -2.08. The zero-order valence-corrected chi connectivity index (χ0v) is 14.3. The van der Waals surface area contributed by atoms with E-state index in [1.807, 2.05) is 0 Å². The molecule has 146 valence electrons. The molecule has 0 bridgehead atoms. The second kappa shape index (κ2) is 7.55. The zero-order valence-electron chi connectivity index (χ0n) is 13.6. The van der Waals surface area contributed by atoms with Gasteiger partial charge in [-0.15, -0.1) is 0 Å². The number of halogens is 6. The Labute approximate surface area is 158 Å². The standard InChI is InChI=1S/C17H8ClF5N2O3/c18-11-6-9(19)2-4-14(11)27-7-13(26)8-1-3-10(12(20)5-8)15-24-16(28-25-15)17(21,22)23/h1-6H,7H2. The summed E-state index contributed by atoms with van der Waals surface area (Å²) in [4.78, 5) is 15.2. The highest BCUT2D eigenvalue weighted by atomic mass is 35.5. The van der Waals surface area contributed by atoms with Gasteiger partial charge in [-0.25, -0.2) is 8.78 Å². The molecular formula is C17H8ClF5N2O3. The fraction of sp³-hybridized carbons (Fsp3) is 0.118. The Hall–Kier alpha value is -3.01. The third-order valence-electron chi connectivity index (χ3n) is 3.45. The molecule has 1 aromatic heterocycles. The van der Waals surface area contributed by atoms with E-state index in [1.165, 1.54) is 12.1 Å². The molecule has 0 spiro atoms. The molecule has 0 amide bonds. The highest BCUT2D eigenvalue weighted by Gasteiger charge is 2.38. The van der Waals surface area contributed by atoms with Crippen LogP contribution in [0.1, 0.15) is 16.2 Å². The third kappa shape index (κ3) is 4.28. The second-order valence-corrected chi connectivity index (χ2v) is 5.81. The van der Waals surface area contributed by atoms with Gasteiger partial charge in [0.1, 0.15) is 17.4 Å². The Morgan fingerprint density at radius 1 is 1.14 bits per heavy atom. The molecule has 5 nitrogen and oxygen atoms in total. The van der Waals surface area contributed by atoms with Crippen molar-refractivity contribution in [2.45, 2.75) is 6.18 Å². The van der Waals surface area contributed by atoms with E-state index < -0.39 is 41.9 Å². The number of rotatable bonds is 5. The molecule has 0 fully saturated rings. The van der Waals surface area contributed by atoms with Crippen LogP contribution in [0, 0.1) is 11.6 Å². The highest BCUT2D eigenvalue weighted by Crippen LogP contribution is 2.30. The molecule has 0 unspecified atom stereocenters. The van der Waals surface area contributed by atoms with Crippen LogP contribution in [0.5, 0.6) is 5.75 Å². The van der Waals surface area contributed by atoms with Crippen LogP contribution in [-0.4, -0.2) is 22.5 Å². The van der Waals surface area contributed by atoms with E-state index in [9.17, 15) is 26.7 Å². The van der Waals surface area contributed by atoms with Gasteiger partial charge in [-0.1, -0.05) is 22.8 Å². The first-order chi connectivity index (χ1) is 13.1. The topological polar surface area (TPSA) is 65.2 Å². The van der Waals surface area contributed by atoms with E-state index in [-0.39, 0.29) is 21.9 Å². The monoisotopic (exact) mass is 418 g/mol. The Balaban J connectivity index is 1.74. The average Bonchev–Trinajstić information content (AvgIpc) is 3.11. The van der Waals surface area contributed by atoms with Gasteiger partial charge in [-0.05, 0) is 30.3 Å². The molecule has 0 atom stereocenters. The SMILES string of the molecule is O=C(COc1ccc(F)cc1Cl)c1ccc(-c2noc(C(F)(F)F)n2)c(F)c1. The number of hydrogen-bond acceptors (Lipinski definition) is 5. The van der Waals surface area contributed by atoms with Crippen molar-refractivity contribution in [1.29, 1.82) is 0 Å². The summed E-state index contributed by atoms with van der Waals surface area (Å²) in [7, 11) is 0. The van der Waals surface area contributed by atoms with Gasteiger partial charge in [0, 0.05) is 5.56 Å². The van der Waals surface area contributed by atoms with Gasteiger partial charge in [0.15, 0.2) is 12.4 Å². The number of carbonyl (C=O) groups excluding carboxylic acids is 1. The molecule has 0 aliphatic rings. The van der Waals surface area contributed by atoms with Crippen LogP contribution in [0.2, 0.25) is 5.02 Å². The first-order valence-corrected chi connectivity index (χ1v) is 7.85. The molecule has 3 rings (SSSR count). The van der Waals surface area contributed by atoms with Crippen LogP contribution in [0.3, 0.4) is 0 Å². The van der Waals surface area contributed by atoms with Gasteiger partial charge in [0.05, 0.1) is 10.6 Å². The molecule has 0 aliphatic heterocycles. The predicted octanol–water partition coefficient (Wildman–Crippen LogP) is 4.95. The maximum Gasteiger partial charge on any atom is 0.471 e. The summed E-state index contributed by atoms with van der Waals surface area (Å²) in [5, 5.41) is 3.03. The Kier molecular flexibility index (Phi) is 5.32. The van der Waals surface area contributed by atoms with Gasteiger partial charge >= 0.3 is 12.1 Å². The number of aromatic nitrogens is 2. The van der Waals surface area contributed by atoms with Gasteiger partial charge in [0.2, 0.25) is 5.82 Å². The molecule has 3 aromatic rings. The second-order valence-electron chi connectivity index (χ2n) is 5.40. The van der Waals surface area contributed by atoms with E-state index in [0.717, 1.165) is 24.3 Å². The third-order valence-corrected chi connectivity index (χ3v) is 3.75. The minimum atomic E-state index is -4.86. The quantitative estimate of drug-likeness (QED) is 0.433. The number of hydrogen-bond donors (Lipinski definition) is 0. The van der Waals surface area contributed by atoms with E-state index in [4.69, 9.17) is 16.3 Å². The fourth-order valence-corrected chi connectivity index (χ4v) is 2.36. The van der Waals surface area contributed by atoms with Crippen LogP contribution in [-0.2, 0) is 6.18 Å². The van der Waals surface area contributed by atoms with E-state index in [0.29, 0.717) is 0 Å². The molecule has 0 saturated carbocycles. The minimum absolute atomic E-state index is 0.0492. The van der Waals surface area contributed by atoms with Crippen LogP contribution < -0.4 is 4.74 Å². The fourth-order valence-electron chi connectivity index (χ4n) is 2.14. The molecule has 11 heteroatoms. The summed E-state index contributed by atoms with van der Waals surface area (Å²) in [5.74, 6) is -4.43. The lowest BCUT2D eigenvalue weighted by molar-refractivity contribution is -0.159. The summed E-state index contributed by atoms with van der Waals surface area (Å²) < 4.78 is 73.9. The number of benzene rings is 2. The maximum atomic E-state index is 14.2. The number of ketones is 1. The molecule has 2 aromatic carbocycles. The van der Waals surface area contributed by atoms with Crippen molar-refractivity contribution in [3.8, 4) is 17.1 Å². The first-order valence-electron chi connectivity index (χ1n) is 7.47. The number of ether oxygens (including phenoxy) is 1. The van der Waals surface area contributed by atoms with Crippen molar-refractivity contribution >= 4 is 17.4 Å². The summed E-state index contributed by atoms with van der Waals surface area (Å²) in [6.45, 7) is -0.523. The molecule has 0 N–H and O–H groups in total. The summed E-state index contributed by atoms with van der Waals surface area (Å²) >= 11 is 5.77. The Morgan fingerprint density at radius 2 is 1.89 bits per heavy atom. The smallest absolute Gasteiger partial charge is 0.471 e. The zero-order chi connectivity index (χ0) is 20.5. The Morgan fingerprint density at radius 3 is 2.50 bits per heavy atom. The van der Waals surface area contributed by atoms with Crippen LogP contribution >= 0.6 is 11.6 Å². The minimum Gasteiger partial charge on any atom is -0.484 e. The molecular weight excluding hydrogens is 411 g/mol. The summed E-state index contributed by atoms with van der Waals surface area (Å²) in [6, 6.07) is 6.31. The van der Waals surface area contributed by atoms with Crippen molar-refractivity contribution in [3.63, 3.8) is 0 Å². The normalized spacial score (nSPS) is 11.5. The van der Waals surface area contributed by atoms with E-state index in [1.54, 1.807) is 0 Å². The summed E-state index contributed by atoms with van der Waals surface area (Å²) in [5.41, 5.74) is -0.489. The van der Waals surface area contributed by atoms with Gasteiger partial charge < -0.3 is 9.26 Å². The molecule has 0 aliphatic carbocycles. The van der Waals surface area contributed by atoms with Crippen molar-refractivity contribution in [1.82, 2.24) is 10.1 Å². The number of Topliss-reactive ketones (excluding diaryl/α,β-unsaturated/α-hetero) is 1. The van der Waals surface area contributed by atoms with Gasteiger partial charge in [0.25, 0.3) is 0 Å². The first kappa shape index (κ1) is 19.7. The van der Waals surface area contributed by atoms with Crippen molar-refractivity contribution in [2.24, 2.45) is 0 Å². The van der Waals surface area contributed by atoms with Crippen molar-refractivity contribution < 1.29 is 36.0 Å². The predicted molar refractivity (Wildman–Crippen MR) is 85.9 cm³/mol. The van der Waals surface area contributed by atoms with Crippen molar-refractivity contribution in [2.75, 3.05) is 6.61 Å². The van der Waals surface area contributed by atoms with Gasteiger partial charge in [-0.3, -0.25) is 4.79 Å². The lowest BCUT2D eigenvalue weighted by atomic mass is 10.1. The lowest BCUT2D eigenvalue weighted by Crippen LogP contribution is -2.12. The van der Waals surface area contributed by atoms with Crippen LogP contribution in [0.4, 0.5) is 22.0 Å². The number of nitrogens with zero attached hydrogens (tertiary/aromatic N) is 2. The van der Waals surface area contributed by atoms with Gasteiger partial charge in [-0.2, -0.15) is 18.2 Å². The van der Waals surface area contributed by atoms with Crippen LogP contribution in [0.15, 0.2) is 40.9 Å². The Bertz CT molecular complexity index is 1040. The summed E-state index contributed by atoms with van der Waals surface area (Å²) in [6.07, 6.45) is -4.86. The van der Waals surface area contributed by atoms with Crippen molar-refractivity contribution in [3.05, 3.63) is 64.5 Å². The maximum absolute atomic E-state index is 14.2. The molecule has 0 saturated heterocycles. The molecule has 1 heterocycles. The van der Waals surface area contributed by atoms with E-state index in [2.05, 4.69) is 14.7 Å². The number of carbonyl (C=O) groups is 1. The molecule has 28 heavy (non-hydrogen) atoms. The molecule has 0 radical (unpaired) electrons. The largest absolute Gasteiger partial charge is 0.484 e.